The van der Waals surface area contributed by atoms with Gasteiger partial charge in [-0.15, -0.1) is 0 Å². The number of aromatic nitrogens is 2. The molecule has 1 aromatic heterocycles. The minimum Gasteiger partial charge on any atom is -0.393 e. The van der Waals surface area contributed by atoms with Gasteiger partial charge in [0.05, 0.1) is 17.8 Å². The van der Waals surface area contributed by atoms with Gasteiger partial charge in [0.2, 0.25) is 0 Å². The number of piperidine rings is 1. The zero-order valence-electron chi connectivity index (χ0n) is 23.0. The van der Waals surface area contributed by atoms with E-state index in [-0.39, 0.29) is 23.8 Å². The molecule has 8 heteroatoms. The van der Waals surface area contributed by atoms with Gasteiger partial charge in [-0.05, 0) is 86.0 Å². The quantitative estimate of drug-likeness (QED) is 0.298. The van der Waals surface area contributed by atoms with E-state index in [4.69, 9.17) is 0 Å². The lowest BCUT2D eigenvalue weighted by molar-refractivity contribution is 0.0963. The molecular weight excluding hydrogens is 514 g/mol. The number of nitrogens with one attached hydrogen (secondary N) is 2. The van der Waals surface area contributed by atoms with Crippen LogP contribution in [0.5, 0.6) is 0 Å². The number of hydrogen-bond donors (Lipinski definition) is 3. The monoisotopic (exact) mass is 547 g/mol. The number of aliphatic hydroxyl groups is 1. The van der Waals surface area contributed by atoms with Crippen molar-refractivity contribution in [3.05, 3.63) is 108 Å². The number of allylic oxidation sites excluding steroid dienone is 4. The molecule has 0 radical (unpaired) electrons. The summed E-state index contributed by atoms with van der Waals surface area (Å²) < 4.78 is 1.93. The van der Waals surface area contributed by atoms with E-state index in [1.165, 1.54) is 0 Å². The number of nitrogens with zero attached hydrogens (tertiary/aromatic N) is 3. The van der Waals surface area contributed by atoms with E-state index in [9.17, 15) is 14.7 Å². The summed E-state index contributed by atoms with van der Waals surface area (Å²) >= 11 is 0. The highest BCUT2D eigenvalue weighted by Crippen LogP contribution is 2.31. The first-order chi connectivity index (χ1) is 19.9. The van der Waals surface area contributed by atoms with E-state index in [1.54, 1.807) is 18.3 Å². The van der Waals surface area contributed by atoms with Crippen LogP contribution in [0.1, 0.15) is 46.9 Å². The Hall–Kier alpha value is -4.69. The third kappa shape index (κ3) is 5.78. The molecule has 1 fully saturated rings. The first-order valence-electron chi connectivity index (χ1n) is 14.0. The van der Waals surface area contributed by atoms with Crippen LogP contribution in [0, 0.1) is 5.92 Å². The van der Waals surface area contributed by atoms with Crippen LogP contribution >= 0.6 is 0 Å². The summed E-state index contributed by atoms with van der Waals surface area (Å²) in [7, 11) is 0. The van der Waals surface area contributed by atoms with Crippen LogP contribution in [-0.4, -0.2) is 45.9 Å². The molecule has 1 aliphatic carbocycles. The fourth-order valence-electron chi connectivity index (χ4n) is 5.50. The number of rotatable bonds is 6. The number of hydrogen-bond acceptors (Lipinski definition) is 5. The van der Waals surface area contributed by atoms with Gasteiger partial charge in [0, 0.05) is 58.3 Å². The van der Waals surface area contributed by atoms with Crippen molar-refractivity contribution < 1.29 is 14.7 Å². The maximum Gasteiger partial charge on any atom is 0.255 e. The van der Waals surface area contributed by atoms with E-state index < -0.39 is 0 Å². The first kappa shape index (κ1) is 26.5. The van der Waals surface area contributed by atoms with E-state index in [0.29, 0.717) is 23.2 Å². The Bertz CT molecular complexity index is 1630. The van der Waals surface area contributed by atoms with Crippen molar-refractivity contribution in [3.63, 3.8) is 0 Å². The molecule has 0 spiro atoms. The minimum absolute atomic E-state index is 0.112. The first-order valence-corrected chi connectivity index (χ1v) is 14.0. The van der Waals surface area contributed by atoms with Gasteiger partial charge in [-0.25, -0.2) is 4.68 Å². The maximum atomic E-state index is 12.9. The van der Waals surface area contributed by atoms with Gasteiger partial charge in [-0.3, -0.25) is 9.59 Å². The van der Waals surface area contributed by atoms with Gasteiger partial charge in [-0.2, -0.15) is 5.10 Å². The molecule has 0 bridgehead atoms. The Kier molecular flexibility index (Phi) is 7.39. The van der Waals surface area contributed by atoms with E-state index in [1.807, 2.05) is 77.5 Å². The Labute approximate surface area is 239 Å². The smallest absolute Gasteiger partial charge is 0.255 e. The molecule has 2 heterocycles. The standard InChI is InChI=1S/C33H33N5O3/c1-22-19-26(35-32(40)23-5-3-2-4-6-23)9-13-30(22)38-31-14-10-27(20-25(31)21-34-38)36-33(41)24-7-11-28(12-8-24)37-17-15-29(39)16-18-37/h2-14,20-22,29,39H,15-19H2,1H3,(H,35,40)(H,36,41). The van der Waals surface area contributed by atoms with Crippen molar-refractivity contribution in [3.8, 4) is 0 Å². The largest absolute Gasteiger partial charge is 0.393 e. The van der Waals surface area contributed by atoms with Gasteiger partial charge in [0.1, 0.15) is 0 Å². The number of carbonyl (C=O) groups is 2. The van der Waals surface area contributed by atoms with Crippen molar-refractivity contribution in [1.29, 1.82) is 0 Å². The van der Waals surface area contributed by atoms with E-state index in [0.717, 1.165) is 53.9 Å². The zero-order valence-corrected chi connectivity index (χ0v) is 23.0. The maximum absolute atomic E-state index is 12.9. The highest BCUT2D eigenvalue weighted by atomic mass is 16.3. The van der Waals surface area contributed by atoms with E-state index in [2.05, 4.69) is 27.6 Å². The van der Waals surface area contributed by atoms with Crippen LogP contribution in [-0.2, 0) is 0 Å². The lowest BCUT2D eigenvalue weighted by atomic mass is 9.96. The number of amides is 2. The Balaban J connectivity index is 1.13. The summed E-state index contributed by atoms with van der Waals surface area (Å²) in [6.07, 6.45) is 7.76. The fraction of sp³-hybridized carbons (Fsp3) is 0.242. The molecule has 2 amide bonds. The summed E-state index contributed by atoms with van der Waals surface area (Å²) in [5, 5.41) is 21.3. The second kappa shape index (κ2) is 11.4. The number of fused-ring (bicyclic) bond motifs is 1. The summed E-state index contributed by atoms with van der Waals surface area (Å²) in [5.41, 5.74) is 5.85. The normalized spacial score (nSPS) is 17.6. The summed E-state index contributed by atoms with van der Waals surface area (Å²) in [6, 6.07) is 22.6. The van der Waals surface area contributed by atoms with Crippen LogP contribution in [0.25, 0.3) is 16.6 Å². The van der Waals surface area contributed by atoms with Crippen molar-refractivity contribution in [2.75, 3.05) is 23.3 Å². The Morgan fingerprint density at radius 2 is 1.59 bits per heavy atom. The summed E-state index contributed by atoms with van der Waals surface area (Å²) in [6.45, 7) is 3.76. The molecular formula is C33H33N5O3. The van der Waals surface area contributed by atoms with Gasteiger partial charge in [-0.1, -0.05) is 25.1 Å². The lowest BCUT2D eigenvalue weighted by Crippen LogP contribution is -2.35. The molecule has 1 atom stereocenters. The van der Waals surface area contributed by atoms with Crippen LogP contribution in [0.2, 0.25) is 0 Å². The Morgan fingerprint density at radius 1 is 0.878 bits per heavy atom. The average Bonchev–Trinajstić information content (AvgIpc) is 3.41. The second-order valence-corrected chi connectivity index (χ2v) is 10.8. The molecule has 2 aliphatic rings. The van der Waals surface area contributed by atoms with Crippen molar-refractivity contribution in [2.24, 2.45) is 5.92 Å². The molecule has 4 aromatic rings. The van der Waals surface area contributed by atoms with Crippen molar-refractivity contribution in [2.45, 2.75) is 32.3 Å². The second-order valence-electron chi connectivity index (χ2n) is 10.8. The third-order valence-electron chi connectivity index (χ3n) is 7.83. The molecule has 0 saturated carbocycles. The van der Waals surface area contributed by atoms with Crippen LogP contribution in [0.4, 0.5) is 11.4 Å². The third-order valence-corrected chi connectivity index (χ3v) is 7.83. The molecule has 6 rings (SSSR count). The van der Waals surface area contributed by atoms with Gasteiger partial charge in [0.25, 0.3) is 11.8 Å². The summed E-state index contributed by atoms with van der Waals surface area (Å²) in [4.78, 5) is 27.8. The Morgan fingerprint density at radius 3 is 2.32 bits per heavy atom. The van der Waals surface area contributed by atoms with Gasteiger partial charge < -0.3 is 20.6 Å². The summed E-state index contributed by atoms with van der Waals surface area (Å²) in [5.74, 6) is -0.138. The highest BCUT2D eigenvalue weighted by molar-refractivity contribution is 6.05. The fourth-order valence-corrected chi connectivity index (χ4v) is 5.50. The number of anilines is 2. The molecule has 3 N–H and O–H groups in total. The van der Waals surface area contributed by atoms with Crippen molar-refractivity contribution >= 4 is 39.8 Å². The van der Waals surface area contributed by atoms with E-state index >= 15 is 0 Å². The molecule has 1 unspecified atom stereocenters. The number of carbonyl (C=O) groups excluding carboxylic acids is 2. The SMILES string of the molecule is CC1CC(NC(=O)c2ccccc2)=CC=C1n1ncc2cc(NC(=O)c3ccc(N4CCC(O)CC4)cc3)ccc21. The number of aliphatic hydroxyl groups excluding tert-OH is 1. The predicted octanol–water partition coefficient (Wildman–Crippen LogP) is 5.44. The topological polar surface area (TPSA) is 99.5 Å². The van der Waals surface area contributed by atoms with Crippen LogP contribution < -0.4 is 15.5 Å². The molecule has 1 aliphatic heterocycles. The molecule has 208 valence electrons. The van der Waals surface area contributed by atoms with Crippen LogP contribution in [0.3, 0.4) is 0 Å². The number of benzene rings is 3. The molecule has 41 heavy (non-hydrogen) atoms. The zero-order chi connectivity index (χ0) is 28.3. The lowest BCUT2D eigenvalue weighted by Gasteiger charge is -2.31. The molecule has 1 saturated heterocycles. The predicted molar refractivity (Wildman–Crippen MR) is 162 cm³/mol. The van der Waals surface area contributed by atoms with Gasteiger partial charge >= 0.3 is 0 Å². The highest BCUT2D eigenvalue weighted by Gasteiger charge is 2.21. The molecule has 8 nitrogen and oxygen atoms in total. The average molecular weight is 548 g/mol. The van der Waals surface area contributed by atoms with Crippen molar-refractivity contribution in [1.82, 2.24) is 15.1 Å². The van der Waals surface area contributed by atoms with Gasteiger partial charge in [0.15, 0.2) is 0 Å². The van der Waals surface area contributed by atoms with Crippen LogP contribution in [0.15, 0.2) is 96.8 Å². The minimum atomic E-state index is -0.215. The molecule has 3 aromatic carbocycles.